The summed E-state index contributed by atoms with van der Waals surface area (Å²) in [6.45, 7) is 10.1. The molecule has 0 aliphatic heterocycles. The fourth-order valence-corrected chi connectivity index (χ4v) is 6.88. The molecule has 4 aromatic carbocycles. The molecule has 5 rings (SSSR count). The standard InChI is InChI=1S/C50H60O8/c1-3-49(51)55-35-13-7-5-11-33-53-45-29-25-43(26-30-45)41-21-17-39(18-22-41)37-57-47-15-9-10-16-48(47)58-38-40-19-23-42(24-20-40)44-27-31-46(32-28-44)54-34-12-6-8-14-36-56-50(52)4-2/h3-4,17-32,47-48H,1-2,5-16,33-38H2/t47-,48-/m1/s1. The first-order chi connectivity index (χ1) is 28.5. The lowest BCUT2D eigenvalue weighted by Gasteiger charge is -2.31. The van der Waals surface area contributed by atoms with Gasteiger partial charge in [-0.1, -0.05) is 98.8 Å². The second kappa shape index (κ2) is 25.2. The summed E-state index contributed by atoms with van der Waals surface area (Å²) in [5.74, 6) is 1.01. The Balaban J connectivity index is 0.975. The Morgan fingerprint density at radius 2 is 0.793 bits per heavy atom. The lowest BCUT2D eigenvalue weighted by molar-refractivity contribution is -0.138. The quantitative estimate of drug-likeness (QED) is 0.0353. The highest BCUT2D eigenvalue weighted by molar-refractivity contribution is 5.81. The van der Waals surface area contributed by atoms with Crippen LogP contribution in [-0.4, -0.2) is 50.6 Å². The van der Waals surface area contributed by atoms with Gasteiger partial charge in [-0.15, -0.1) is 0 Å². The average molecular weight is 789 g/mol. The molecular weight excluding hydrogens is 729 g/mol. The first-order valence-corrected chi connectivity index (χ1v) is 21.0. The van der Waals surface area contributed by atoms with E-state index in [0.29, 0.717) is 39.6 Å². The van der Waals surface area contributed by atoms with Crippen LogP contribution in [-0.2, 0) is 41.8 Å². The summed E-state index contributed by atoms with van der Waals surface area (Å²) in [6.07, 6.45) is 14.6. The van der Waals surface area contributed by atoms with Gasteiger partial charge in [0.25, 0.3) is 0 Å². The van der Waals surface area contributed by atoms with Crippen molar-refractivity contribution in [1.82, 2.24) is 0 Å². The van der Waals surface area contributed by atoms with E-state index >= 15 is 0 Å². The number of rotatable bonds is 26. The molecule has 0 spiro atoms. The van der Waals surface area contributed by atoms with Gasteiger partial charge < -0.3 is 28.4 Å². The van der Waals surface area contributed by atoms with Gasteiger partial charge in [0.2, 0.25) is 0 Å². The third-order valence-electron chi connectivity index (χ3n) is 10.3. The van der Waals surface area contributed by atoms with Crippen LogP contribution >= 0.6 is 0 Å². The van der Waals surface area contributed by atoms with Crippen LogP contribution in [0.4, 0.5) is 0 Å². The van der Waals surface area contributed by atoms with Crippen LogP contribution in [0.1, 0.15) is 88.2 Å². The van der Waals surface area contributed by atoms with Gasteiger partial charge in [0, 0.05) is 12.2 Å². The fourth-order valence-electron chi connectivity index (χ4n) is 6.88. The fraction of sp³-hybridized carbons (Fsp3) is 0.400. The van der Waals surface area contributed by atoms with Crippen molar-refractivity contribution in [2.45, 2.75) is 102 Å². The van der Waals surface area contributed by atoms with Crippen molar-refractivity contribution in [2.24, 2.45) is 0 Å². The molecule has 0 heterocycles. The molecule has 0 saturated heterocycles. The van der Waals surface area contributed by atoms with Crippen LogP contribution in [0.2, 0.25) is 0 Å². The van der Waals surface area contributed by atoms with Crippen molar-refractivity contribution in [3.63, 3.8) is 0 Å². The second-order valence-corrected chi connectivity index (χ2v) is 14.7. The largest absolute Gasteiger partial charge is 0.494 e. The minimum absolute atomic E-state index is 0.0805. The highest BCUT2D eigenvalue weighted by Crippen LogP contribution is 2.28. The number of carbonyl (C=O) groups is 2. The van der Waals surface area contributed by atoms with E-state index in [4.69, 9.17) is 28.4 Å². The number of carbonyl (C=O) groups excluding carboxylic acids is 2. The van der Waals surface area contributed by atoms with Gasteiger partial charge in [-0.05, 0) is 122 Å². The molecule has 1 fully saturated rings. The maximum absolute atomic E-state index is 11.1. The van der Waals surface area contributed by atoms with Gasteiger partial charge in [0.05, 0.1) is 51.8 Å². The maximum Gasteiger partial charge on any atom is 0.330 e. The molecular formula is C50H60O8. The summed E-state index contributed by atoms with van der Waals surface area (Å²) in [4.78, 5) is 22.2. The molecule has 1 aliphatic carbocycles. The van der Waals surface area contributed by atoms with Crippen LogP contribution in [0.15, 0.2) is 122 Å². The monoisotopic (exact) mass is 788 g/mol. The first-order valence-electron chi connectivity index (χ1n) is 21.0. The lowest BCUT2D eigenvalue weighted by Crippen LogP contribution is -2.34. The van der Waals surface area contributed by atoms with Gasteiger partial charge >= 0.3 is 11.9 Å². The van der Waals surface area contributed by atoms with E-state index in [1.807, 2.05) is 24.3 Å². The number of hydrogen-bond acceptors (Lipinski definition) is 8. The van der Waals surface area contributed by atoms with Crippen LogP contribution in [0, 0.1) is 0 Å². The molecule has 0 bridgehead atoms. The van der Waals surface area contributed by atoms with Gasteiger partial charge in [0.15, 0.2) is 0 Å². The molecule has 8 heteroatoms. The van der Waals surface area contributed by atoms with Crippen molar-refractivity contribution < 1.29 is 38.0 Å². The van der Waals surface area contributed by atoms with E-state index in [1.165, 1.54) is 12.2 Å². The summed E-state index contributed by atoms with van der Waals surface area (Å²) in [5.41, 5.74) is 6.91. The molecule has 4 aromatic rings. The molecule has 0 radical (unpaired) electrons. The maximum atomic E-state index is 11.1. The van der Waals surface area contributed by atoms with E-state index in [0.717, 1.165) is 122 Å². The average Bonchev–Trinajstić information content (AvgIpc) is 3.27. The number of hydrogen-bond donors (Lipinski definition) is 0. The molecule has 0 N–H and O–H groups in total. The molecule has 0 amide bonds. The predicted octanol–water partition coefficient (Wildman–Crippen LogP) is 11.4. The highest BCUT2D eigenvalue weighted by Gasteiger charge is 2.26. The Morgan fingerprint density at radius 1 is 0.466 bits per heavy atom. The Kier molecular flexibility index (Phi) is 19.1. The van der Waals surface area contributed by atoms with Crippen LogP contribution in [0.5, 0.6) is 11.5 Å². The van der Waals surface area contributed by atoms with E-state index < -0.39 is 0 Å². The normalized spacial score (nSPS) is 15.0. The smallest absolute Gasteiger partial charge is 0.330 e. The lowest BCUT2D eigenvalue weighted by atomic mass is 9.94. The minimum atomic E-state index is -0.364. The predicted molar refractivity (Wildman–Crippen MR) is 230 cm³/mol. The van der Waals surface area contributed by atoms with Crippen molar-refractivity contribution in [3.8, 4) is 33.8 Å². The molecule has 0 unspecified atom stereocenters. The zero-order chi connectivity index (χ0) is 40.6. The van der Waals surface area contributed by atoms with Crippen molar-refractivity contribution >= 4 is 11.9 Å². The molecule has 0 aromatic heterocycles. The summed E-state index contributed by atoms with van der Waals surface area (Å²) in [5, 5.41) is 0. The van der Waals surface area contributed by atoms with Gasteiger partial charge in [0.1, 0.15) is 11.5 Å². The van der Waals surface area contributed by atoms with E-state index in [1.54, 1.807) is 0 Å². The van der Waals surface area contributed by atoms with E-state index in [2.05, 4.69) is 86.0 Å². The number of unbranched alkanes of at least 4 members (excludes halogenated alkanes) is 6. The Labute approximate surface area is 345 Å². The molecule has 1 aliphatic rings. The van der Waals surface area contributed by atoms with Crippen molar-refractivity contribution in [2.75, 3.05) is 26.4 Å². The first kappa shape index (κ1) is 43.9. The van der Waals surface area contributed by atoms with Gasteiger partial charge in [-0.2, -0.15) is 0 Å². The molecule has 1 saturated carbocycles. The highest BCUT2D eigenvalue weighted by atomic mass is 16.5. The summed E-state index contributed by atoms with van der Waals surface area (Å²) in [6, 6.07) is 33.7. The molecule has 2 atom stereocenters. The van der Waals surface area contributed by atoms with Crippen molar-refractivity contribution in [1.29, 1.82) is 0 Å². The van der Waals surface area contributed by atoms with Crippen molar-refractivity contribution in [3.05, 3.63) is 133 Å². The number of esters is 2. The summed E-state index contributed by atoms with van der Waals surface area (Å²) < 4.78 is 34.8. The molecule has 8 nitrogen and oxygen atoms in total. The summed E-state index contributed by atoms with van der Waals surface area (Å²) in [7, 11) is 0. The van der Waals surface area contributed by atoms with Crippen LogP contribution in [0.25, 0.3) is 22.3 Å². The van der Waals surface area contributed by atoms with E-state index in [9.17, 15) is 9.59 Å². The van der Waals surface area contributed by atoms with Crippen LogP contribution in [0.3, 0.4) is 0 Å². The third kappa shape index (κ3) is 15.6. The van der Waals surface area contributed by atoms with Crippen LogP contribution < -0.4 is 9.47 Å². The van der Waals surface area contributed by atoms with Gasteiger partial charge in [-0.3, -0.25) is 0 Å². The third-order valence-corrected chi connectivity index (χ3v) is 10.3. The molecule has 308 valence electrons. The zero-order valence-electron chi connectivity index (χ0n) is 34.0. The Hall–Kier alpha value is -5.18. The Morgan fingerprint density at radius 3 is 1.14 bits per heavy atom. The SMILES string of the molecule is C=CC(=O)OCCCCCCOc1ccc(-c2ccc(CO[C@@H]3CCCC[C@H]3OCc3ccc(-c4ccc(OCCCCCCOC(=O)C=C)cc4)cc3)cc2)cc1. The van der Waals surface area contributed by atoms with Gasteiger partial charge in [-0.25, -0.2) is 9.59 Å². The molecule has 58 heavy (non-hydrogen) atoms. The zero-order valence-corrected chi connectivity index (χ0v) is 34.0. The second-order valence-electron chi connectivity index (χ2n) is 14.7. The minimum Gasteiger partial charge on any atom is -0.494 e. The Bertz CT molecular complexity index is 1660. The van der Waals surface area contributed by atoms with E-state index in [-0.39, 0.29) is 24.1 Å². The number of benzene rings is 4. The summed E-state index contributed by atoms with van der Waals surface area (Å²) >= 11 is 0. The topological polar surface area (TPSA) is 89.5 Å². The number of ether oxygens (including phenoxy) is 6.